The van der Waals surface area contributed by atoms with Crippen LogP contribution in [0.2, 0.25) is 0 Å². The Morgan fingerprint density at radius 2 is 1.00 bits per heavy atom. The number of rotatable bonds is 13. The zero-order chi connectivity index (χ0) is 48.0. The molecule has 0 amide bonds. The van der Waals surface area contributed by atoms with Gasteiger partial charge in [-0.1, -0.05) is 133 Å². The third-order valence-electron chi connectivity index (χ3n) is 12.5. The molecule has 0 radical (unpaired) electrons. The molecule has 0 spiro atoms. The number of hydrogen-bond donors (Lipinski definition) is 1. The average Bonchev–Trinajstić information content (AvgIpc) is 3.21. The van der Waals surface area contributed by atoms with Crippen molar-refractivity contribution in [2.24, 2.45) is 11.8 Å². The number of phenols is 1. The summed E-state index contributed by atoms with van der Waals surface area (Å²) in [5, 5.41) is 12.1. The summed E-state index contributed by atoms with van der Waals surface area (Å²) in [4.78, 5) is 0. The molecule has 1 N–H and O–H groups in total. The van der Waals surface area contributed by atoms with Gasteiger partial charge in [0.2, 0.25) is 0 Å². The summed E-state index contributed by atoms with van der Waals surface area (Å²) in [7, 11) is 13.9. The fraction of sp³-hybridized carbons (Fsp3) is 0.362. The summed E-state index contributed by atoms with van der Waals surface area (Å²) in [5.41, 5.74) is 17.4. The Labute approximate surface area is 409 Å². The maximum atomic E-state index is 12.1. The Hall–Kier alpha value is -4.02. The molecule has 0 aromatic heterocycles. The van der Waals surface area contributed by atoms with Crippen LogP contribution in [-0.4, -0.2) is 18.3 Å². The van der Waals surface area contributed by atoms with Gasteiger partial charge in [-0.3, -0.25) is 0 Å². The number of halogens is 2. The van der Waals surface area contributed by atoms with Crippen molar-refractivity contribution in [3.05, 3.63) is 160 Å². The number of aromatic hydroxyl groups is 1. The predicted molar refractivity (Wildman–Crippen MR) is 273 cm³/mol. The number of ether oxygens (including phenoxy) is 3. The Kier molecular flexibility index (Phi) is 17.7. The van der Waals surface area contributed by atoms with Crippen molar-refractivity contribution >= 4 is 17.0 Å². The van der Waals surface area contributed by atoms with Gasteiger partial charge < -0.3 is 19.3 Å². The second-order valence-corrected chi connectivity index (χ2v) is 23.8. The molecule has 0 saturated heterocycles. The molecule has 6 aromatic rings. The van der Waals surface area contributed by atoms with E-state index in [9.17, 15) is 5.11 Å². The Morgan fingerprint density at radius 1 is 0.585 bits per heavy atom. The van der Waals surface area contributed by atoms with Crippen LogP contribution in [0.1, 0.15) is 111 Å². The van der Waals surface area contributed by atoms with Gasteiger partial charge in [-0.25, -0.2) is 0 Å². The molecule has 0 heterocycles. The molecule has 7 heteroatoms. The zero-order valence-corrected chi connectivity index (χ0v) is 45.1. The fourth-order valence-electron chi connectivity index (χ4n) is 8.81. The molecule has 0 aliphatic carbocycles. The van der Waals surface area contributed by atoms with E-state index in [0.29, 0.717) is 25.4 Å². The second kappa shape index (κ2) is 22.2. The van der Waals surface area contributed by atoms with E-state index in [1.807, 2.05) is 30.3 Å². The van der Waals surface area contributed by atoms with Crippen LogP contribution in [0.5, 0.6) is 23.0 Å². The van der Waals surface area contributed by atoms with Crippen LogP contribution < -0.4 is 14.2 Å². The van der Waals surface area contributed by atoms with Gasteiger partial charge in [-0.15, -0.1) is 0 Å². The summed E-state index contributed by atoms with van der Waals surface area (Å²) in [6, 6.07) is 34.1. The molecule has 0 fully saturated rings. The number of phenolic OH excluding ortho intramolecular Hbond substituents is 1. The van der Waals surface area contributed by atoms with E-state index >= 15 is 0 Å². The van der Waals surface area contributed by atoms with E-state index in [2.05, 4.69) is 171 Å². The molecule has 0 saturated carbocycles. The SMILES string of the molecule is [CH2-]Oc1c(-c2ccccc2OCC(COc2ccccc2-c2cc(C(C)(C)C)cc(Cc3c(C)cc(C)cc3C)c2O)C(C)C)cc(C(C)(C)C)cc1-c1c(C)cc(C)cc1C.[Cl][Zr][Cl]. The molecule has 1 unspecified atom stereocenters. The van der Waals surface area contributed by atoms with Crippen LogP contribution in [0, 0.1) is 60.5 Å². The van der Waals surface area contributed by atoms with Crippen LogP contribution in [0.4, 0.5) is 0 Å². The summed E-state index contributed by atoms with van der Waals surface area (Å²) >= 11 is -0.826. The monoisotopic (exact) mass is 989 g/mol. The predicted octanol–water partition coefficient (Wildman–Crippen LogP) is 16.7. The first-order chi connectivity index (χ1) is 30.6. The van der Waals surface area contributed by atoms with E-state index in [-0.39, 0.29) is 22.7 Å². The molecular formula is C58H69Cl2O4Zr-. The van der Waals surface area contributed by atoms with Crippen LogP contribution in [-0.2, 0) is 38.1 Å². The van der Waals surface area contributed by atoms with Gasteiger partial charge >= 0.3 is 37.9 Å². The van der Waals surface area contributed by atoms with Gasteiger partial charge in [0.15, 0.2) is 0 Å². The molecule has 6 rings (SSSR count). The van der Waals surface area contributed by atoms with Crippen molar-refractivity contribution in [3.63, 3.8) is 0 Å². The van der Waals surface area contributed by atoms with E-state index in [4.69, 9.17) is 31.2 Å². The summed E-state index contributed by atoms with van der Waals surface area (Å²) in [6.45, 7) is 31.7. The molecule has 344 valence electrons. The topological polar surface area (TPSA) is 47.9 Å². The molecule has 0 aliphatic rings. The van der Waals surface area contributed by atoms with Gasteiger partial charge in [0.1, 0.15) is 23.0 Å². The van der Waals surface area contributed by atoms with Crippen LogP contribution in [0.3, 0.4) is 0 Å². The number of hydrogen-bond acceptors (Lipinski definition) is 4. The van der Waals surface area contributed by atoms with Crippen LogP contribution in [0.25, 0.3) is 33.4 Å². The van der Waals surface area contributed by atoms with Gasteiger partial charge in [-0.2, -0.15) is 7.11 Å². The fourth-order valence-corrected chi connectivity index (χ4v) is 8.81. The van der Waals surface area contributed by atoms with Crippen molar-refractivity contribution < 1.29 is 40.2 Å². The molecule has 0 aliphatic heterocycles. The third kappa shape index (κ3) is 12.7. The minimum absolute atomic E-state index is 0.0616. The first-order valence-electron chi connectivity index (χ1n) is 22.6. The molecule has 4 nitrogen and oxygen atoms in total. The molecule has 0 bridgehead atoms. The van der Waals surface area contributed by atoms with Crippen molar-refractivity contribution in [1.29, 1.82) is 0 Å². The Morgan fingerprint density at radius 3 is 1.46 bits per heavy atom. The number of aryl methyl sites for hydroxylation is 6. The van der Waals surface area contributed by atoms with E-state index in [1.54, 1.807) is 0 Å². The van der Waals surface area contributed by atoms with Crippen LogP contribution in [0.15, 0.2) is 97.1 Å². The average molecular weight is 992 g/mol. The number of benzene rings is 6. The maximum absolute atomic E-state index is 12.1. The minimum atomic E-state index is -0.826. The number of para-hydroxylation sites is 2. The first-order valence-corrected chi connectivity index (χ1v) is 28.9. The van der Waals surface area contributed by atoms with Gasteiger partial charge in [0.25, 0.3) is 0 Å². The molecular weight excluding hydrogens is 923 g/mol. The zero-order valence-electron chi connectivity index (χ0n) is 41.1. The molecule has 1 atom stereocenters. The normalized spacial score (nSPS) is 12.1. The van der Waals surface area contributed by atoms with E-state index in [0.717, 1.165) is 50.6 Å². The van der Waals surface area contributed by atoms with Gasteiger partial charge in [0.05, 0.1) is 13.2 Å². The molecule has 6 aromatic carbocycles. The second-order valence-electron chi connectivity index (χ2n) is 20.1. The van der Waals surface area contributed by atoms with Crippen LogP contribution >= 0.6 is 17.0 Å². The van der Waals surface area contributed by atoms with Crippen molar-refractivity contribution in [3.8, 4) is 56.4 Å². The summed E-state index contributed by atoms with van der Waals surface area (Å²) in [6.07, 6.45) is 0.646. The third-order valence-corrected chi connectivity index (χ3v) is 12.5. The summed E-state index contributed by atoms with van der Waals surface area (Å²) in [5.74, 6) is 2.87. The quantitative estimate of drug-likeness (QED) is 0.117. The van der Waals surface area contributed by atoms with Crippen molar-refractivity contribution in [2.75, 3.05) is 13.2 Å². The van der Waals surface area contributed by atoms with Gasteiger partial charge in [-0.05, 0) is 139 Å². The standard InChI is InChI=1S/C58H69O4.2ClH.Zr/c1-35(2)43(33-61-52-22-18-16-20-46(52)49-30-44(57(9,10)11)28-42(55(49)59)29-48-38(5)24-36(3)25-39(48)6)34-62-53-23-19-17-21-47(53)50-31-45(58(12,13)14)32-51(56(50)60-15)54-40(7)26-37(4)27-41(54)8;;;/h16-28,30-32,35,43,59H,15,29,33-34H2,1-14H3;2*1H;/q-1;;;+2/p-2. The van der Waals surface area contributed by atoms with E-state index < -0.39 is 20.8 Å². The Balaban J connectivity index is 0.00000257. The van der Waals surface area contributed by atoms with Crippen molar-refractivity contribution in [2.45, 2.75) is 114 Å². The molecule has 65 heavy (non-hydrogen) atoms. The first kappa shape index (κ1) is 52.0. The Bertz CT molecular complexity index is 2550. The summed E-state index contributed by atoms with van der Waals surface area (Å²) < 4.78 is 19.7. The van der Waals surface area contributed by atoms with Gasteiger partial charge in [0, 0.05) is 40.2 Å². The van der Waals surface area contributed by atoms with Crippen molar-refractivity contribution in [1.82, 2.24) is 0 Å². The van der Waals surface area contributed by atoms with E-state index in [1.165, 1.54) is 55.6 Å².